The van der Waals surface area contributed by atoms with Gasteiger partial charge in [-0.25, -0.2) is 8.42 Å². The van der Waals surface area contributed by atoms with Gasteiger partial charge < -0.3 is 0 Å². The molecule has 0 fully saturated rings. The monoisotopic (exact) mass is 324 g/mol. The Balaban J connectivity index is 2.45. The zero-order valence-electron chi connectivity index (χ0n) is 12.6. The molecule has 1 aromatic heterocycles. The molecule has 118 valence electrons. The van der Waals surface area contributed by atoms with E-state index in [1.165, 1.54) is 29.8 Å². The van der Waals surface area contributed by atoms with E-state index in [-0.39, 0.29) is 10.6 Å². The number of nitrogens with one attached hydrogen (secondary N) is 1. The molecule has 0 amide bonds. The van der Waals surface area contributed by atoms with Crippen LogP contribution in [0.5, 0.6) is 0 Å². The smallest absolute Gasteiger partial charge is 0.263 e. The van der Waals surface area contributed by atoms with Crippen LogP contribution in [0.3, 0.4) is 0 Å². The second-order valence-electron chi connectivity index (χ2n) is 5.00. The maximum absolute atomic E-state index is 12.5. The summed E-state index contributed by atoms with van der Waals surface area (Å²) in [5.41, 5.74) is 1.61. The highest BCUT2D eigenvalue weighted by atomic mass is 32.2. The number of anilines is 1. The molecule has 0 aliphatic carbocycles. The topological polar surface area (TPSA) is 107 Å². The second kappa shape index (κ2) is 5.41. The Kier molecular flexibility index (Phi) is 3.92. The average molecular weight is 324 g/mol. The molecular weight excluding hydrogens is 308 g/mol. The highest BCUT2D eigenvalue weighted by Gasteiger charge is 2.22. The van der Waals surface area contributed by atoms with Crippen LogP contribution in [-0.4, -0.2) is 23.1 Å². The van der Waals surface area contributed by atoms with Gasteiger partial charge in [-0.2, -0.15) is 5.10 Å². The Morgan fingerprint density at radius 3 is 2.36 bits per heavy atom. The zero-order valence-corrected chi connectivity index (χ0v) is 13.4. The van der Waals surface area contributed by atoms with Crippen LogP contribution in [0.2, 0.25) is 0 Å². The summed E-state index contributed by atoms with van der Waals surface area (Å²) in [6.07, 6.45) is 0. The van der Waals surface area contributed by atoms with Gasteiger partial charge in [-0.3, -0.25) is 19.5 Å². The highest BCUT2D eigenvalue weighted by molar-refractivity contribution is 7.92. The Hall–Kier alpha value is -2.42. The third-order valence-electron chi connectivity index (χ3n) is 3.41. The molecule has 1 N–H and O–H groups in total. The van der Waals surface area contributed by atoms with Crippen molar-refractivity contribution < 1.29 is 13.3 Å². The maximum Gasteiger partial charge on any atom is 0.269 e. The van der Waals surface area contributed by atoms with Gasteiger partial charge in [-0.05, 0) is 32.4 Å². The number of nitro benzene ring substituents is 1. The van der Waals surface area contributed by atoms with Crippen LogP contribution >= 0.6 is 0 Å². The summed E-state index contributed by atoms with van der Waals surface area (Å²) in [4.78, 5) is 10.2. The summed E-state index contributed by atoms with van der Waals surface area (Å²) < 4.78 is 28.9. The summed E-state index contributed by atoms with van der Waals surface area (Å²) >= 11 is 0. The Labute approximate surface area is 128 Å². The summed E-state index contributed by atoms with van der Waals surface area (Å²) in [6.45, 7) is 5.07. The number of hydrogen-bond acceptors (Lipinski definition) is 5. The molecule has 0 aliphatic rings. The lowest BCUT2D eigenvalue weighted by Crippen LogP contribution is -2.17. The molecule has 1 heterocycles. The minimum absolute atomic E-state index is 0.00338. The highest BCUT2D eigenvalue weighted by Crippen LogP contribution is 2.25. The van der Waals surface area contributed by atoms with E-state index in [1.807, 2.05) is 0 Å². The lowest BCUT2D eigenvalue weighted by atomic mass is 10.2. The molecule has 8 nitrogen and oxygen atoms in total. The number of non-ortho nitro benzene ring substituents is 1. The lowest BCUT2D eigenvalue weighted by Gasteiger charge is -2.11. The van der Waals surface area contributed by atoms with Crippen molar-refractivity contribution in [3.63, 3.8) is 0 Å². The number of nitrogens with zero attached hydrogens (tertiary/aromatic N) is 3. The first-order valence-corrected chi connectivity index (χ1v) is 7.90. The SMILES string of the molecule is Cc1cc([N+](=O)[O-])ccc1S(=O)(=O)Nc1c(C)c(C)nn1C. The fourth-order valence-corrected chi connectivity index (χ4v) is 3.52. The molecule has 2 aromatic rings. The van der Waals surface area contributed by atoms with Crippen LogP contribution in [0.15, 0.2) is 23.1 Å². The Morgan fingerprint density at radius 1 is 1.27 bits per heavy atom. The molecular formula is C13H16N4O4S. The van der Waals surface area contributed by atoms with E-state index in [2.05, 4.69) is 9.82 Å². The van der Waals surface area contributed by atoms with Crippen molar-refractivity contribution in [2.24, 2.45) is 7.05 Å². The van der Waals surface area contributed by atoms with E-state index < -0.39 is 14.9 Å². The van der Waals surface area contributed by atoms with Crippen LogP contribution in [0.1, 0.15) is 16.8 Å². The largest absolute Gasteiger partial charge is 0.269 e. The number of aromatic nitrogens is 2. The Morgan fingerprint density at radius 2 is 1.91 bits per heavy atom. The van der Waals surface area contributed by atoms with Crippen LogP contribution < -0.4 is 4.72 Å². The number of hydrogen-bond donors (Lipinski definition) is 1. The van der Waals surface area contributed by atoms with Crippen molar-refractivity contribution in [3.05, 3.63) is 45.1 Å². The molecule has 0 aliphatic heterocycles. The van der Waals surface area contributed by atoms with Crippen molar-refractivity contribution in [2.45, 2.75) is 25.7 Å². The van der Waals surface area contributed by atoms with Gasteiger partial charge in [0.1, 0.15) is 5.82 Å². The first-order chi connectivity index (χ1) is 10.1. The fraction of sp³-hybridized carbons (Fsp3) is 0.308. The van der Waals surface area contributed by atoms with Gasteiger partial charge in [0, 0.05) is 24.7 Å². The first-order valence-electron chi connectivity index (χ1n) is 6.41. The van der Waals surface area contributed by atoms with E-state index >= 15 is 0 Å². The minimum atomic E-state index is -3.85. The standard InChI is InChI=1S/C13H16N4O4S/c1-8-7-11(17(18)19)5-6-12(8)22(20,21)15-13-9(2)10(3)14-16(13)4/h5-7,15H,1-4H3. The molecule has 0 radical (unpaired) electrons. The van der Waals surface area contributed by atoms with Crippen molar-refractivity contribution >= 4 is 21.5 Å². The fourth-order valence-electron chi connectivity index (χ4n) is 2.14. The average Bonchev–Trinajstić information content (AvgIpc) is 2.64. The normalized spacial score (nSPS) is 11.5. The zero-order chi connectivity index (χ0) is 16.7. The van der Waals surface area contributed by atoms with Gasteiger partial charge >= 0.3 is 0 Å². The summed E-state index contributed by atoms with van der Waals surface area (Å²) in [5, 5.41) is 14.9. The van der Waals surface area contributed by atoms with E-state index in [0.29, 0.717) is 11.4 Å². The molecule has 0 bridgehead atoms. The second-order valence-corrected chi connectivity index (χ2v) is 6.65. The van der Waals surface area contributed by atoms with Crippen molar-refractivity contribution in [3.8, 4) is 0 Å². The number of rotatable bonds is 4. The van der Waals surface area contributed by atoms with Crippen LogP contribution in [0, 0.1) is 30.9 Å². The van der Waals surface area contributed by atoms with Crippen molar-refractivity contribution in [1.29, 1.82) is 0 Å². The predicted molar refractivity (Wildman–Crippen MR) is 81.3 cm³/mol. The summed E-state index contributed by atoms with van der Waals surface area (Å²) in [5.74, 6) is 0.371. The molecule has 9 heteroatoms. The molecule has 0 unspecified atom stereocenters. The molecule has 1 aromatic carbocycles. The van der Waals surface area contributed by atoms with E-state index in [1.54, 1.807) is 20.9 Å². The number of aryl methyl sites for hydroxylation is 3. The molecule has 0 spiro atoms. The van der Waals surface area contributed by atoms with Gasteiger partial charge in [-0.15, -0.1) is 0 Å². The van der Waals surface area contributed by atoms with Gasteiger partial charge in [0.2, 0.25) is 0 Å². The third-order valence-corrected chi connectivity index (χ3v) is 4.91. The Bertz CT molecular complexity index is 855. The quantitative estimate of drug-likeness (QED) is 0.684. The van der Waals surface area contributed by atoms with Gasteiger partial charge in [0.15, 0.2) is 0 Å². The summed E-state index contributed by atoms with van der Waals surface area (Å²) in [6, 6.07) is 3.63. The summed E-state index contributed by atoms with van der Waals surface area (Å²) in [7, 11) is -2.21. The molecule has 0 atom stereocenters. The third kappa shape index (κ3) is 2.80. The van der Waals surface area contributed by atoms with Crippen molar-refractivity contribution in [2.75, 3.05) is 4.72 Å². The van der Waals surface area contributed by atoms with Crippen LogP contribution in [-0.2, 0) is 17.1 Å². The first kappa shape index (κ1) is 16.0. The minimum Gasteiger partial charge on any atom is -0.263 e. The van der Waals surface area contributed by atoms with E-state index in [9.17, 15) is 18.5 Å². The number of nitro groups is 1. The lowest BCUT2D eigenvalue weighted by molar-refractivity contribution is -0.385. The van der Waals surface area contributed by atoms with Crippen molar-refractivity contribution in [1.82, 2.24) is 9.78 Å². The van der Waals surface area contributed by atoms with Gasteiger partial charge in [0.25, 0.3) is 15.7 Å². The van der Waals surface area contributed by atoms with E-state index in [0.717, 1.165) is 11.3 Å². The van der Waals surface area contributed by atoms with E-state index in [4.69, 9.17) is 0 Å². The maximum atomic E-state index is 12.5. The van der Waals surface area contributed by atoms with Gasteiger partial charge in [-0.1, -0.05) is 0 Å². The van der Waals surface area contributed by atoms with Crippen LogP contribution in [0.4, 0.5) is 11.5 Å². The number of benzene rings is 1. The molecule has 0 saturated heterocycles. The molecule has 22 heavy (non-hydrogen) atoms. The van der Waals surface area contributed by atoms with Crippen LogP contribution in [0.25, 0.3) is 0 Å². The predicted octanol–water partition coefficient (Wildman–Crippen LogP) is 2.05. The molecule has 0 saturated carbocycles. The molecule has 2 rings (SSSR count). The number of sulfonamides is 1. The van der Waals surface area contributed by atoms with Gasteiger partial charge in [0.05, 0.1) is 15.5 Å².